The fraction of sp³-hybridized carbons (Fsp3) is 0.538. The van der Waals surface area contributed by atoms with Gasteiger partial charge in [0.15, 0.2) is 0 Å². The number of amides is 2. The Labute approximate surface area is 126 Å². The Morgan fingerprint density at radius 1 is 1.37 bits per heavy atom. The third-order valence-corrected chi connectivity index (χ3v) is 4.11. The van der Waals surface area contributed by atoms with Crippen LogP contribution in [0.25, 0.3) is 0 Å². The molecule has 1 aromatic heterocycles. The van der Waals surface area contributed by atoms with Gasteiger partial charge in [0.2, 0.25) is 11.8 Å². The van der Waals surface area contributed by atoms with Gasteiger partial charge in [-0.25, -0.2) is 0 Å². The van der Waals surface area contributed by atoms with Crippen LogP contribution in [0.1, 0.15) is 32.6 Å². The van der Waals surface area contributed by atoms with Crippen molar-refractivity contribution in [3.05, 3.63) is 20.8 Å². The van der Waals surface area contributed by atoms with Crippen LogP contribution in [0.4, 0.5) is 0 Å². The number of carbonyl (C=O) groups is 2. The maximum atomic E-state index is 11.9. The maximum absolute atomic E-state index is 11.9. The minimum absolute atomic E-state index is 0.131. The SMILES string of the molecule is CC(NC(=O)C(C)(C)C)C(=O)NCc1ccc(Br)s1. The summed E-state index contributed by atoms with van der Waals surface area (Å²) in [4.78, 5) is 24.7. The van der Waals surface area contributed by atoms with Crippen LogP contribution in [-0.2, 0) is 16.1 Å². The van der Waals surface area contributed by atoms with E-state index < -0.39 is 11.5 Å². The zero-order chi connectivity index (χ0) is 14.6. The van der Waals surface area contributed by atoms with Crippen molar-refractivity contribution >= 4 is 39.1 Å². The van der Waals surface area contributed by atoms with E-state index in [0.717, 1.165) is 8.66 Å². The van der Waals surface area contributed by atoms with E-state index in [-0.39, 0.29) is 11.8 Å². The second-order valence-corrected chi connectivity index (χ2v) is 7.92. The Morgan fingerprint density at radius 3 is 2.47 bits per heavy atom. The van der Waals surface area contributed by atoms with E-state index in [4.69, 9.17) is 0 Å². The normalized spacial score (nSPS) is 12.9. The van der Waals surface area contributed by atoms with Crippen molar-refractivity contribution in [1.82, 2.24) is 10.6 Å². The number of halogens is 1. The molecule has 1 atom stereocenters. The number of carbonyl (C=O) groups excluding carboxylic acids is 2. The lowest BCUT2D eigenvalue weighted by molar-refractivity contribution is -0.133. The molecule has 0 saturated carbocycles. The molecule has 1 aromatic rings. The molecule has 0 radical (unpaired) electrons. The molecular formula is C13H19BrN2O2S. The van der Waals surface area contributed by atoms with E-state index in [2.05, 4.69) is 26.6 Å². The van der Waals surface area contributed by atoms with Crippen LogP contribution in [0.2, 0.25) is 0 Å². The van der Waals surface area contributed by atoms with Gasteiger partial charge in [0.25, 0.3) is 0 Å². The highest BCUT2D eigenvalue weighted by atomic mass is 79.9. The number of rotatable bonds is 4. The molecule has 106 valence electrons. The molecule has 1 heterocycles. The Bertz CT molecular complexity index is 465. The molecule has 2 amide bonds. The summed E-state index contributed by atoms with van der Waals surface area (Å²) in [5.41, 5.74) is -0.493. The highest BCUT2D eigenvalue weighted by molar-refractivity contribution is 9.11. The van der Waals surface area contributed by atoms with Crippen molar-refractivity contribution in [3.63, 3.8) is 0 Å². The monoisotopic (exact) mass is 346 g/mol. The molecular weight excluding hydrogens is 328 g/mol. The molecule has 4 nitrogen and oxygen atoms in total. The number of thiophene rings is 1. The van der Waals surface area contributed by atoms with Gasteiger partial charge >= 0.3 is 0 Å². The van der Waals surface area contributed by atoms with Crippen molar-refractivity contribution in [1.29, 1.82) is 0 Å². The minimum atomic E-state index is -0.532. The molecule has 0 spiro atoms. The first-order chi connectivity index (χ1) is 8.70. The molecule has 0 aliphatic heterocycles. The smallest absolute Gasteiger partial charge is 0.242 e. The highest BCUT2D eigenvalue weighted by Crippen LogP contribution is 2.21. The van der Waals surface area contributed by atoms with E-state index in [1.165, 1.54) is 0 Å². The summed E-state index contributed by atoms with van der Waals surface area (Å²) in [5.74, 6) is -0.309. The molecule has 0 aliphatic rings. The lowest BCUT2D eigenvalue weighted by Gasteiger charge is -2.21. The fourth-order valence-corrected chi connectivity index (χ4v) is 2.68. The van der Waals surface area contributed by atoms with Crippen LogP contribution >= 0.6 is 27.3 Å². The summed E-state index contributed by atoms with van der Waals surface area (Å²) in [7, 11) is 0. The predicted molar refractivity (Wildman–Crippen MR) is 80.9 cm³/mol. The topological polar surface area (TPSA) is 58.2 Å². The second-order valence-electron chi connectivity index (χ2n) is 5.37. The number of hydrogen-bond acceptors (Lipinski definition) is 3. The summed E-state index contributed by atoms with van der Waals surface area (Å²) in [5, 5.41) is 5.51. The summed E-state index contributed by atoms with van der Waals surface area (Å²) >= 11 is 4.95. The molecule has 19 heavy (non-hydrogen) atoms. The van der Waals surface area contributed by atoms with E-state index in [1.54, 1.807) is 18.3 Å². The number of nitrogens with one attached hydrogen (secondary N) is 2. The zero-order valence-electron chi connectivity index (χ0n) is 11.5. The second kappa shape index (κ2) is 6.52. The van der Waals surface area contributed by atoms with Crippen molar-refractivity contribution in [2.75, 3.05) is 0 Å². The van der Waals surface area contributed by atoms with Gasteiger partial charge in [-0.2, -0.15) is 0 Å². The fourth-order valence-electron chi connectivity index (χ4n) is 1.25. The lowest BCUT2D eigenvalue weighted by atomic mass is 9.95. The van der Waals surface area contributed by atoms with Gasteiger partial charge in [-0.15, -0.1) is 11.3 Å². The van der Waals surface area contributed by atoms with Crippen molar-refractivity contribution in [2.45, 2.75) is 40.3 Å². The summed E-state index contributed by atoms with van der Waals surface area (Å²) < 4.78 is 1.03. The Balaban J connectivity index is 2.43. The van der Waals surface area contributed by atoms with Gasteiger partial charge in [0, 0.05) is 10.3 Å². The van der Waals surface area contributed by atoms with E-state index in [0.29, 0.717) is 6.54 Å². The predicted octanol–water partition coefficient (Wildman–Crippen LogP) is 2.68. The van der Waals surface area contributed by atoms with E-state index in [9.17, 15) is 9.59 Å². The third-order valence-electron chi connectivity index (χ3n) is 2.49. The first kappa shape index (κ1) is 16.2. The molecule has 0 aliphatic carbocycles. The molecule has 0 saturated heterocycles. The van der Waals surface area contributed by atoms with Crippen molar-refractivity contribution in [2.24, 2.45) is 5.41 Å². The zero-order valence-corrected chi connectivity index (χ0v) is 13.9. The molecule has 0 bridgehead atoms. The Hall–Kier alpha value is -0.880. The van der Waals surface area contributed by atoms with Gasteiger partial charge in [0.1, 0.15) is 6.04 Å². The molecule has 2 N–H and O–H groups in total. The van der Waals surface area contributed by atoms with Gasteiger partial charge in [-0.1, -0.05) is 20.8 Å². The molecule has 1 rings (SSSR count). The van der Waals surface area contributed by atoms with Crippen LogP contribution in [0.3, 0.4) is 0 Å². The average Bonchev–Trinajstić information content (AvgIpc) is 2.70. The minimum Gasteiger partial charge on any atom is -0.349 e. The van der Waals surface area contributed by atoms with Crippen LogP contribution in [0, 0.1) is 5.41 Å². The average molecular weight is 347 g/mol. The van der Waals surface area contributed by atoms with Gasteiger partial charge in [-0.3, -0.25) is 9.59 Å². The Morgan fingerprint density at radius 2 is 2.00 bits per heavy atom. The van der Waals surface area contributed by atoms with Crippen LogP contribution in [0.5, 0.6) is 0 Å². The lowest BCUT2D eigenvalue weighted by Crippen LogP contribution is -2.48. The maximum Gasteiger partial charge on any atom is 0.242 e. The standard InChI is InChI=1S/C13H19BrN2O2S/c1-8(16-12(18)13(2,3)4)11(17)15-7-9-5-6-10(14)19-9/h5-6,8H,7H2,1-4H3,(H,15,17)(H,16,18). The van der Waals surface area contributed by atoms with Crippen LogP contribution in [-0.4, -0.2) is 17.9 Å². The molecule has 6 heteroatoms. The molecule has 1 unspecified atom stereocenters. The molecule has 0 aromatic carbocycles. The summed E-state index contributed by atoms with van der Waals surface area (Å²) in [6, 6.07) is 3.36. The van der Waals surface area contributed by atoms with Gasteiger partial charge in [0.05, 0.1) is 10.3 Å². The summed E-state index contributed by atoms with van der Waals surface area (Å²) in [6.45, 7) is 7.61. The van der Waals surface area contributed by atoms with Gasteiger partial charge in [-0.05, 0) is 35.0 Å². The van der Waals surface area contributed by atoms with Crippen LogP contribution < -0.4 is 10.6 Å². The quantitative estimate of drug-likeness (QED) is 0.880. The largest absolute Gasteiger partial charge is 0.349 e. The Kier molecular flexibility index (Phi) is 5.55. The third kappa shape index (κ3) is 5.32. The summed E-state index contributed by atoms with van der Waals surface area (Å²) in [6.07, 6.45) is 0. The molecule has 0 fully saturated rings. The van der Waals surface area contributed by atoms with E-state index >= 15 is 0 Å². The van der Waals surface area contributed by atoms with Crippen molar-refractivity contribution in [3.8, 4) is 0 Å². The highest BCUT2D eigenvalue weighted by Gasteiger charge is 2.24. The number of hydrogen-bond donors (Lipinski definition) is 2. The first-order valence-electron chi connectivity index (χ1n) is 6.03. The van der Waals surface area contributed by atoms with Crippen molar-refractivity contribution < 1.29 is 9.59 Å². The van der Waals surface area contributed by atoms with Gasteiger partial charge < -0.3 is 10.6 Å². The van der Waals surface area contributed by atoms with Crippen LogP contribution in [0.15, 0.2) is 15.9 Å². The first-order valence-corrected chi connectivity index (χ1v) is 7.64. The van der Waals surface area contributed by atoms with E-state index in [1.807, 2.05) is 32.9 Å².